The van der Waals surface area contributed by atoms with Gasteiger partial charge in [0.1, 0.15) is 23.3 Å². The van der Waals surface area contributed by atoms with Gasteiger partial charge in [0.25, 0.3) is 0 Å². The van der Waals surface area contributed by atoms with Gasteiger partial charge in [-0.2, -0.15) is 0 Å². The maximum atomic E-state index is 4.59. The molecule has 0 saturated carbocycles. The van der Waals surface area contributed by atoms with Crippen molar-refractivity contribution in [2.24, 2.45) is 0 Å². The molecule has 0 aromatic carbocycles. The van der Waals surface area contributed by atoms with Gasteiger partial charge in [-0.25, -0.2) is 19.9 Å². The molecular weight excluding hydrogens is 314 g/mol. The minimum absolute atomic E-state index is 0.291. The van der Waals surface area contributed by atoms with E-state index in [0.29, 0.717) is 11.9 Å². The van der Waals surface area contributed by atoms with Crippen molar-refractivity contribution in [3.8, 4) is 0 Å². The highest BCUT2D eigenvalue weighted by atomic mass is 15.2. The van der Waals surface area contributed by atoms with Crippen molar-refractivity contribution in [2.45, 2.75) is 25.8 Å². The van der Waals surface area contributed by atoms with Crippen molar-refractivity contribution in [1.82, 2.24) is 24.9 Å². The number of aromatic nitrogens is 5. The summed E-state index contributed by atoms with van der Waals surface area (Å²) in [6, 6.07) is 6.41. The van der Waals surface area contributed by atoms with Crippen LogP contribution in [0.3, 0.4) is 0 Å². The van der Waals surface area contributed by atoms with Gasteiger partial charge in [-0.05, 0) is 43.5 Å². The smallest absolute Gasteiger partial charge is 0.150 e. The standard InChI is InChI=1S/C18H19N7/c1-13-20-7-5-18(23-13)25-10-2-3-15(25)14-4-6-21-16(11-14)24-17-12-19-8-9-22-17/h4-9,11-12,15H,2-3,10H2,1H3,(H,21,22,24)/t15-/m0/s1. The Morgan fingerprint density at radius 3 is 2.76 bits per heavy atom. The normalized spacial score (nSPS) is 16.8. The van der Waals surface area contributed by atoms with Crippen LogP contribution in [0.2, 0.25) is 0 Å². The topological polar surface area (TPSA) is 79.7 Å². The number of rotatable bonds is 4. The zero-order valence-corrected chi connectivity index (χ0v) is 14.0. The molecule has 1 atom stereocenters. The number of pyridine rings is 1. The Balaban J connectivity index is 1.59. The molecule has 7 heteroatoms. The summed E-state index contributed by atoms with van der Waals surface area (Å²) in [5.41, 5.74) is 1.22. The Labute approximate surface area is 146 Å². The average Bonchev–Trinajstić information content (AvgIpc) is 3.13. The second-order valence-electron chi connectivity index (χ2n) is 6.00. The Kier molecular flexibility index (Phi) is 4.20. The second-order valence-corrected chi connectivity index (χ2v) is 6.00. The summed E-state index contributed by atoms with van der Waals surface area (Å²) < 4.78 is 0. The van der Waals surface area contributed by atoms with Crippen molar-refractivity contribution < 1.29 is 0 Å². The van der Waals surface area contributed by atoms with Crippen LogP contribution in [0, 0.1) is 6.92 Å². The largest absolute Gasteiger partial charge is 0.349 e. The van der Waals surface area contributed by atoms with E-state index in [4.69, 9.17) is 0 Å². The predicted octanol–water partition coefficient (Wildman–Crippen LogP) is 3.06. The van der Waals surface area contributed by atoms with E-state index in [1.165, 1.54) is 5.56 Å². The van der Waals surface area contributed by atoms with Crippen LogP contribution >= 0.6 is 0 Å². The van der Waals surface area contributed by atoms with Gasteiger partial charge >= 0.3 is 0 Å². The van der Waals surface area contributed by atoms with E-state index in [1.807, 2.05) is 25.4 Å². The first-order chi connectivity index (χ1) is 12.3. The van der Waals surface area contributed by atoms with Gasteiger partial charge in [-0.15, -0.1) is 0 Å². The van der Waals surface area contributed by atoms with E-state index < -0.39 is 0 Å². The molecule has 1 aliphatic heterocycles. The monoisotopic (exact) mass is 333 g/mol. The minimum Gasteiger partial charge on any atom is -0.349 e. The van der Waals surface area contributed by atoms with E-state index in [9.17, 15) is 0 Å². The molecule has 0 unspecified atom stereocenters. The number of nitrogens with zero attached hydrogens (tertiary/aromatic N) is 6. The van der Waals surface area contributed by atoms with Gasteiger partial charge in [0.2, 0.25) is 0 Å². The Morgan fingerprint density at radius 1 is 1.04 bits per heavy atom. The number of hydrogen-bond acceptors (Lipinski definition) is 7. The fraction of sp³-hybridized carbons (Fsp3) is 0.278. The van der Waals surface area contributed by atoms with Gasteiger partial charge in [-0.3, -0.25) is 4.98 Å². The van der Waals surface area contributed by atoms with E-state index in [0.717, 1.165) is 36.8 Å². The van der Waals surface area contributed by atoms with Gasteiger partial charge < -0.3 is 10.2 Å². The number of nitrogens with one attached hydrogen (secondary N) is 1. The van der Waals surface area contributed by atoms with Crippen LogP contribution in [0.4, 0.5) is 17.5 Å². The van der Waals surface area contributed by atoms with Crippen molar-refractivity contribution in [3.05, 3.63) is 60.6 Å². The van der Waals surface area contributed by atoms with Crippen LogP contribution in [0.1, 0.15) is 30.3 Å². The molecule has 4 heterocycles. The summed E-state index contributed by atoms with van der Waals surface area (Å²) in [7, 11) is 0. The highest BCUT2D eigenvalue weighted by Crippen LogP contribution is 2.35. The van der Waals surface area contributed by atoms with Gasteiger partial charge in [0.05, 0.1) is 12.2 Å². The molecule has 0 bridgehead atoms. The van der Waals surface area contributed by atoms with E-state index >= 15 is 0 Å². The second kappa shape index (κ2) is 6.80. The van der Waals surface area contributed by atoms with Crippen molar-refractivity contribution in [1.29, 1.82) is 0 Å². The van der Waals surface area contributed by atoms with Crippen LogP contribution in [0.5, 0.6) is 0 Å². The number of anilines is 3. The SMILES string of the molecule is Cc1nccc(N2CCC[C@H]2c2ccnc(Nc3cnccn3)c2)n1. The molecule has 7 nitrogen and oxygen atoms in total. The molecule has 4 rings (SSSR count). The maximum Gasteiger partial charge on any atom is 0.150 e. The quantitative estimate of drug-likeness (QED) is 0.786. The molecule has 1 saturated heterocycles. The van der Waals surface area contributed by atoms with E-state index in [1.54, 1.807) is 18.6 Å². The summed E-state index contributed by atoms with van der Waals surface area (Å²) in [4.78, 5) is 23.8. The zero-order valence-electron chi connectivity index (χ0n) is 14.0. The van der Waals surface area contributed by atoms with E-state index in [2.05, 4.69) is 47.3 Å². The zero-order chi connectivity index (χ0) is 17.1. The highest BCUT2D eigenvalue weighted by molar-refractivity contribution is 5.52. The Bertz CT molecular complexity index is 853. The summed E-state index contributed by atoms with van der Waals surface area (Å²) in [6.45, 7) is 2.92. The molecule has 0 radical (unpaired) electrons. The molecule has 3 aromatic rings. The van der Waals surface area contributed by atoms with Crippen LogP contribution in [-0.4, -0.2) is 31.5 Å². The molecule has 126 valence electrons. The lowest BCUT2D eigenvalue weighted by Gasteiger charge is -2.26. The van der Waals surface area contributed by atoms with Crippen LogP contribution < -0.4 is 10.2 Å². The molecule has 25 heavy (non-hydrogen) atoms. The summed E-state index contributed by atoms with van der Waals surface area (Å²) >= 11 is 0. The molecule has 1 aliphatic rings. The third kappa shape index (κ3) is 3.40. The van der Waals surface area contributed by atoms with Gasteiger partial charge in [-0.1, -0.05) is 0 Å². The van der Waals surface area contributed by atoms with E-state index in [-0.39, 0.29) is 0 Å². The van der Waals surface area contributed by atoms with Crippen LogP contribution in [0.25, 0.3) is 0 Å². The van der Waals surface area contributed by atoms with Gasteiger partial charge in [0.15, 0.2) is 0 Å². The maximum absolute atomic E-state index is 4.59. The van der Waals surface area contributed by atoms with Crippen molar-refractivity contribution in [2.75, 3.05) is 16.8 Å². The van der Waals surface area contributed by atoms with Crippen LogP contribution in [-0.2, 0) is 0 Å². The molecule has 1 N–H and O–H groups in total. The predicted molar refractivity (Wildman–Crippen MR) is 95.6 cm³/mol. The third-order valence-electron chi connectivity index (χ3n) is 4.30. The number of hydrogen-bond donors (Lipinski definition) is 1. The minimum atomic E-state index is 0.291. The first-order valence-electron chi connectivity index (χ1n) is 8.35. The molecule has 0 amide bonds. The lowest BCUT2D eigenvalue weighted by atomic mass is 10.1. The lowest BCUT2D eigenvalue weighted by Crippen LogP contribution is -2.24. The fourth-order valence-corrected chi connectivity index (χ4v) is 3.21. The molecule has 1 fully saturated rings. The summed E-state index contributed by atoms with van der Waals surface area (Å²) in [5, 5.41) is 3.20. The average molecular weight is 333 g/mol. The van der Waals surface area contributed by atoms with Crippen molar-refractivity contribution >= 4 is 17.5 Å². The van der Waals surface area contributed by atoms with Gasteiger partial charge in [0, 0.05) is 31.3 Å². The first kappa shape index (κ1) is 15.4. The first-order valence-corrected chi connectivity index (χ1v) is 8.35. The fourth-order valence-electron chi connectivity index (χ4n) is 3.21. The summed E-state index contributed by atoms with van der Waals surface area (Å²) in [6.07, 6.45) is 10.9. The molecule has 3 aromatic heterocycles. The van der Waals surface area contributed by atoms with Crippen molar-refractivity contribution in [3.63, 3.8) is 0 Å². The molecule has 0 spiro atoms. The van der Waals surface area contributed by atoms with Crippen LogP contribution in [0.15, 0.2) is 49.2 Å². The lowest BCUT2D eigenvalue weighted by molar-refractivity contribution is 0.708. The molecular formula is C18H19N7. The highest BCUT2D eigenvalue weighted by Gasteiger charge is 2.27. The Hall–Kier alpha value is -3.09. The molecule has 0 aliphatic carbocycles. The Morgan fingerprint density at radius 2 is 1.92 bits per heavy atom. The number of aryl methyl sites for hydroxylation is 1. The summed E-state index contributed by atoms with van der Waals surface area (Å²) in [5.74, 6) is 3.23. The third-order valence-corrected chi connectivity index (χ3v) is 4.30.